The van der Waals surface area contributed by atoms with Crippen LogP contribution in [-0.4, -0.2) is 49.3 Å². The second kappa shape index (κ2) is 17.5. The number of nitrogens with one attached hydrogen (secondary N) is 2. The van der Waals surface area contributed by atoms with E-state index in [4.69, 9.17) is 29.8 Å². The number of hydrogen-bond donors (Lipinski definition) is 3. The molecule has 0 unspecified atom stereocenters. The maximum Gasteiger partial charge on any atom is 0.266 e. The van der Waals surface area contributed by atoms with E-state index in [1.807, 2.05) is 103 Å². The molecule has 3 N–H and O–H groups in total. The fraction of sp³-hybridized carbons (Fsp3) is 0.263. The van der Waals surface area contributed by atoms with Gasteiger partial charge in [0.2, 0.25) is 5.90 Å². The van der Waals surface area contributed by atoms with Gasteiger partial charge in [0.25, 0.3) is 5.91 Å². The van der Waals surface area contributed by atoms with Gasteiger partial charge in [-0.25, -0.2) is 10.4 Å². The van der Waals surface area contributed by atoms with Crippen LogP contribution in [0.5, 0.6) is 11.5 Å². The van der Waals surface area contributed by atoms with E-state index < -0.39 is 11.6 Å². The Morgan fingerprint density at radius 3 is 2.61 bits per heavy atom. The molecule has 5 rings (SSSR count). The van der Waals surface area contributed by atoms with Crippen LogP contribution in [0.1, 0.15) is 46.8 Å². The second-order valence-electron chi connectivity index (χ2n) is 11.4. The number of amides is 1. The van der Waals surface area contributed by atoms with Gasteiger partial charge in [-0.1, -0.05) is 84.0 Å². The van der Waals surface area contributed by atoms with E-state index in [0.29, 0.717) is 48.8 Å². The summed E-state index contributed by atoms with van der Waals surface area (Å²) in [5, 5.41) is 12.9. The van der Waals surface area contributed by atoms with Crippen LogP contribution in [0.15, 0.2) is 119 Å². The number of methoxy groups -OCH3 is 1. The van der Waals surface area contributed by atoms with Gasteiger partial charge in [0, 0.05) is 36.5 Å². The van der Waals surface area contributed by atoms with Crippen molar-refractivity contribution >= 4 is 17.9 Å². The first-order valence-corrected chi connectivity index (χ1v) is 16.1. The molecule has 252 valence electrons. The largest absolute Gasteiger partial charge is 0.497 e. The molecule has 0 radical (unpaired) electrons. The van der Waals surface area contributed by atoms with E-state index in [2.05, 4.69) is 20.9 Å². The molecule has 1 aliphatic rings. The Hall–Kier alpha value is -5.61. The van der Waals surface area contributed by atoms with Crippen molar-refractivity contribution in [2.45, 2.75) is 37.5 Å². The summed E-state index contributed by atoms with van der Waals surface area (Å²) in [5.74, 6) is 1.33. The lowest BCUT2D eigenvalue weighted by molar-refractivity contribution is -0.129. The lowest BCUT2D eigenvalue weighted by Gasteiger charge is -2.31. The number of benzene rings is 4. The summed E-state index contributed by atoms with van der Waals surface area (Å²) < 4.78 is 17.7. The minimum absolute atomic E-state index is 0.0456. The third-order valence-electron chi connectivity index (χ3n) is 8.09. The molecule has 1 aliphatic heterocycles. The minimum atomic E-state index is -1.44. The number of carbonyl (C=O) groups excluding carboxylic acids is 1. The molecular formula is C38H40N6O5. The standard InChI is InChI=1S/C38H40N6O5/c1-47-33-15-7-12-29(26-33)21-23-40-43-37(46)38(22-8-13-28-10-3-2-4-11-28)35(34-16-6-5-14-31(34)27-41-44-39)49-36(42-38)30-17-19-32(20-18-30)48-25-9-24-45/h2-8,10-20,26,35,40,45H,9,21-25,27H2,1H3,(H,43,46)/b13-8+/t35-,38-/m0/s1. The third kappa shape index (κ3) is 9.05. The number of nitrogens with zero attached hydrogens (tertiary/aromatic N) is 4. The Morgan fingerprint density at radius 1 is 1.04 bits per heavy atom. The zero-order valence-corrected chi connectivity index (χ0v) is 27.4. The maximum atomic E-state index is 14.5. The Balaban J connectivity index is 1.49. The van der Waals surface area contributed by atoms with Crippen LogP contribution in [0.2, 0.25) is 0 Å². The maximum absolute atomic E-state index is 14.5. The number of azide groups is 1. The van der Waals surface area contributed by atoms with Gasteiger partial charge in [-0.05, 0) is 70.6 Å². The number of rotatable bonds is 17. The summed E-state index contributed by atoms with van der Waals surface area (Å²) in [4.78, 5) is 22.5. The predicted molar refractivity (Wildman–Crippen MR) is 189 cm³/mol. The fourth-order valence-corrected chi connectivity index (χ4v) is 5.56. The molecule has 0 saturated heterocycles. The molecule has 11 nitrogen and oxygen atoms in total. The topological polar surface area (TPSA) is 150 Å². The summed E-state index contributed by atoms with van der Waals surface area (Å²) in [6, 6.07) is 32.3. The Morgan fingerprint density at radius 2 is 1.84 bits per heavy atom. The van der Waals surface area contributed by atoms with Crippen molar-refractivity contribution in [2.75, 3.05) is 26.9 Å². The molecule has 4 aromatic carbocycles. The smallest absolute Gasteiger partial charge is 0.266 e. The highest BCUT2D eigenvalue weighted by Gasteiger charge is 2.53. The van der Waals surface area contributed by atoms with Crippen LogP contribution in [-0.2, 0) is 22.5 Å². The first kappa shape index (κ1) is 34.7. The lowest BCUT2D eigenvalue weighted by Crippen LogP contribution is -2.53. The van der Waals surface area contributed by atoms with Crippen molar-refractivity contribution in [2.24, 2.45) is 10.1 Å². The van der Waals surface area contributed by atoms with Crippen molar-refractivity contribution in [1.82, 2.24) is 10.9 Å². The van der Waals surface area contributed by atoms with Gasteiger partial charge in [-0.2, -0.15) is 0 Å². The fourth-order valence-electron chi connectivity index (χ4n) is 5.56. The van der Waals surface area contributed by atoms with Crippen LogP contribution in [0.3, 0.4) is 0 Å². The molecular weight excluding hydrogens is 620 g/mol. The Kier molecular flexibility index (Phi) is 12.4. The molecule has 0 aromatic heterocycles. The zero-order chi connectivity index (χ0) is 34.3. The summed E-state index contributed by atoms with van der Waals surface area (Å²) in [5.41, 5.74) is 17.8. The molecule has 0 fully saturated rings. The van der Waals surface area contributed by atoms with Crippen molar-refractivity contribution in [3.63, 3.8) is 0 Å². The molecule has 2 atom stereocenters. The molecule has 11 heteroatoms. The first-order valence-electron chi connectivity index (χ1n) is 16.1. The van der Waals surface area contributed by atoms with Crippen LogP contribution in [0.25, 0.3) is 16.5 Å². The van der Waals surface area contributed by atoms with E-state index in [1.54, 1.807) is 19.2 Å². The van der Waals surface area contributed by atoms with Crippen LogP contribution in [0.4, 0.5) is 0 Å². The van der Waals surface area contributed by atoms with Gasteiger partial charge in [-0.3, -0.25) is 10.2 Å². The number of ether oxygens (including phenoxy) is 3. The van der Waals surface area contributed by atoms with Crippen molar-refractivity contribution in [3.05, 3.63) is 147 Å². The van der Waals surface area contributed by atoms with E-state index in [0.717, 1.165) is 22.4 Å². The Bertz CT molecular complexity index is 1790. The van der Waals surface area contributed by atoms with Crippen LogP contribution in [0, 0.1) is 0 Å². The van der Waals surface area contributed by atoms with Crippen molar-refractivity contribution in [3.8, 4) is 11.5 Å². The average Bonchev–Trinajstić information content (AvgIpc) is 3.54. The van der Waals surface area contributed by atoms with Gasteiger partial charge in [0.1, 0.15) is 11.5 Å². The number of hydrazine groups is 1. The van der Waals surface area contributed by atoms with Crippen LogP contribution >= 0.6 is 0 Å². The van der Waals surface area contributed by atoms with Crippen molar-refractivity contribution < 1.29 is 24.1 Å². The number of aliphatic hydroxyl groups excluding tert-OH is 1. The number of aliphatic imine (C=N–C) groups is 1. The molecule has 49 heavy (non-hydrogen) atoms. The lowest BCUT2D eigenvalue weighted by atomic mass is 9.82. The SMILES string of the molecule is COc1cccc(CCNNC(=O)[C@@]2(C/C=C/c3ccccc3)N=C(c3ccc(OCCCO)cc3)O[C@H]2c2ccccc2CN=[N+]=[N-])c1. The van der Waals surface area contributed by atoms with Gasteiger partial charge < -0.3 is 19.3 Å². The first-order chi connectivity index (χ1) is 24.1. The molecule has 0 aliphatic carbocycles. The normalized spacial score (nSPS) is 16.8. The number of hydrogen-bond acceptors (Lipinski definition) is 8. The van der Waals surface area contributed by atoms with Gasteiger partial charge >= 0.3 is 0 Å². The van der Waals surface area contributed by atoms with Crippen LogP contribution < -0.4 is 20.3 Å². The highest BCUT2D eigenvalue weighted by atomic mass is 16.5. The van der Waals surface area contributed by atoms with Gasteiger partial charge in [0.05, 0.1) is 20.3 Å². The molecule has 4 aromatic rings. The summed E-state index contributed by atoms with van der Waals surface area (Å²) in [6.07, 6.45) is 4.42. The number of carbonyl (C=O) groups is 1. The molecule has 1 amide bonds. The van der Waals surface area contributed by atoms with E-state index >= 15 is 0 Å². The van der Waals surface area contributed by atoms with Gasteiger partial charge in [0.15, 0.2) is 11.6 Å². The second-order valence-corrected chi connectivity index (χ2v) is 11.4. The summed E-state index contributed by atoms with van der Waals surface area (Å²) in [7, 11) is 1.63. The molecule has 1 heterocycles. The van der Waals surface area contributed by atoms with Gasteiger partial charge in [-0.15, -0.1) is 0 Å². The van der Waals surface area contributed by atoms with Crippen molar-refractivity contribution in [1.29, 1.82) is 0 Å². The zero-order valence-electron chi connectivity index (χ0n) is 27.4. The summed E-state index contributed by atoms with van der Waals surface area (Å²) in [6.45, 7) is 0.976. The summed E-state index contributed by atoms with van der Waals surface area (Å²) >= 11 is 0. The predicted octanol–water partition coefficient (Wildman–Crippen LogP) is 6.49. The minimum Gasteiger partial charge on any atom is -0.497 e. The molecule has 0 bridgehead atoms. The van der Waals surface area contributed by atoms with E-state index in [-0.39, 0.29) is 25.5 Å². The highest BCUT2D eigenvalue weighted by molar-refractivity contribution is 6.01. The quantitative estimate of drug-likeness (QED) is 0.0387. The monoisotopic (exact) mass is 660 g/mol. The highest BCUT2D eigenvalue weighted by Crippen LogP contribution is 2.44. The van der Waals surface area contributed by atoms with E-state index in [1.165, 1.54) is 0 Å². The van der Waals surface area contributed by atoms with E-state index in [9.17, 15) is 4.79 Å². The average molecular weight is 661 g/mol. The molecule has 0 spiro atoms. The molecule has 0 saturated carbocycles. The number of aliphatic hydroxyl groups is 1. The Labute approximate surface area is 285 Å². The third-order valence-corrected chi connectivity index (χ3v) is 8.09.